The van der Waals surface area contributed by atoms with E-state index in [2.05, 4.69) is 47.1 Å². The van der Waals surface area contributed by atoms with Crippen LogP contribution in [0.25, 0.3) is 0 Å². The molecule has 2 fully saturated rings. The monoisotopic (exact) mass is 508 g/mol. The molecule has 0 radical (unpaired) electrons. The van der Waals surface area contributed by atoms with Crippen LogP contribution in [0.1, 0.15) is 57.0 Å². The van der Waals surface area contributed by atoms with Gasteiger partial charge in [-0.1, -0.05) is 74.8 Å². The molecule has 2 aliphatic rings. The average molecular weight is 509 g/mol. The molecule has 2 aromatic carbocycles. The first-order chi connectivity index (χ1) is 16.7. The number of anilines is 1. The van der Waals surface area contributed by atoms with Gasteiger partial charge in [0.1, 0.15) is 5.82 Å². The minimum atomic E-state index is 0.196. The second kappa shape index (κ2) is 9.55. The van der Waals surface area contributed by atoms with Gasteiger partial charge in [0.25, 0.3) is 0 Å². The number of carbonyl (C=O) groups excluding carboxylic acids is 1. The van der Waals surface area contributed by atoms with Crippen molar-refractivity contribution in [3.63, 3.8) is 0 Å². The Hall–Kier alpha value is -2.44. The molecular formula is C28H33ClN4OS. The molecule has 1 aromatic heterocycles. The summed E-state index contributed by atoms with van der Waals surface area (Å²) in [5.74, 6) is 0.964. The third-order valence-electron chi connectivity index (χ3n) is 7.28. The second-order valence-electron chi connectivity index (χ2n) is 11.4. The van der Waals surface area contributed by atoms with E-state index >= 15 is 0 Å². The number of rotatable bonds is 7. The highest BCUT2D eigenvalue weighted by Crippen LogP contribution is 2.52. The molecule has 5 rings (SSSR count). The maximum atomic E-state index is 13.7. The Kier molecular flexibility index (Phi) is 6.62. The lowest BCUT2D eigenvalue weighted by atomic mass is 9.65. The Balaban J connectivity index is 1.35. The summed E-state index contributed by atoms with van der Waals surface area (Å²) in [6, 6.07) is 18.4. The second-order valence-corrected chi connectivity index (χ2v) is 12.5. The van der Waals surface area contributed by atoms with Gasteiger partial charge >= 0.3 is 0 Å². The predicted octanol–water partition coefficient (Wildman–Crippen LogP) is 6.22. The summed E-state index contributed by atoms with van der Waals surface area (Å²) in [7, 11) is 0. The fourth-order valence-corrected chi connectivity index (χ4v) is 7.04. The number of likely N-dealkylation sites (tertiary alicyclic amines) is 1. The molecule has 0 N–H and O–H groups in total. The zero-order valence-electron chi connectivity index (χ0n) is 20.7. The van der Waals surface area contributed by atoms with Crippen molar-refractivity contribution in [2.75, 3.05) is 18.0 Å². The van der Waals surface area contributed by atoms with Gasteiger partial charge in [0, 0.05) is 42.1 Å². The molecule has 3 aromatic rings. The lowest BCUT2D eigenvalue weighted by Crippen LogP contribution is -2.43. The smallest absolute Gasteiger partial charge is 0.242 e. The first-order valence-electron chi connectivity index (χ1n) is 12.3. The van der Waals surface area contributed by atoms with Crippen LogP contribution in [0.2, 0.25) is 5.02 Å². The Morgan fingerprint density at radius 3 is 2.57 bits per heavy atom. The lowest BCUT2D eigenvalue weighted by Gasteiger charge is -2.39. The number of fused-ring (bicyclic) bond motifs is 2. The van der Waals surface area contributed by atoms with Crippen molar-refractivity contribution in [1.82, 2.24) is 14.3 Å². The zero-order valence-corrected chi connectivity index (χ0v) is 22.3. The molecule has 1 saturated heterocycles. The predicted molar refractivity (Wildman–Crippen MR) is 143 cm³/mol. The van der Waals surface area contributed by atoms with Gasteiger partial charge in [-0.05, 0) is 53.4 Å². The highest BCUT2D eigenvalue weighted by Gasteiger charge is 2.51. The van der Waals surface area contributed by atoms with Crippen LogP contribution in [0, 0.1) is 10.8 Å². The molecule has 1 aliphatic heterocycles. The first kappa shape index (κ1) is 24.3. The van der Waals surface area contributed by atoms with Gasteiger partial charge in [-0.3, -0.25) is 4.79 Å². The number of halogens is 1. The van der Waals surface area contributed by atoms with Gasteiger partial charge in [0.15, 0.2) is 0 Å². The maximum Gasteiger partial charge on any atom is 0.242 e. The van der Waals surface area contributed by atoms with Crippen LogP contribution < -0.4 is 4.90 Å². The van der Waals surface area contributed by atoms with Crippen LogP contribution in [-0.2, 0) is 17.8 Å². The van der Waals surface area contributed by atoms with E-state index in [1.807, 2.05) is 42.5 Å². The fraction of sp³-hybridized carbons (Fsp3) is 0.464. The minimum absolute atomic E-state index is 0.196. The number of carbonyl (C=O) groups is 1. The Bertz CT molecular complexity index is 1180. The highest BCUT2D eigenvalue weighted by atomic mass is 35.5. The summed E-state index contributed by atoms with van der Waals surface area (Å²) in [5, 5.41) is 1.51. The third kappa shape index (κ3) is 5.70. The van der Waals surface area contributed by atoms with E-state index in [-0.39, 0.29) is 16.7 Å². The van der Waals surface area contributed by atoms with Crippen LogP contribution in [0.15, 0.2) is 54.6 Å². The van der Waals surface area contributed by atoms with Crippen molar-refractivity contribution < 1.29 is 4.79 Å². The van der Waals surface area contributed by atoms with Crippen LogP contribution in [-0.4, -0.2) is 39.3 Å². The van der Waals surface area contributed by atoms with E-state index in [1.165, 1.54) is 18.0 Å². The zero-order chi connectivity index (χ0) is 24.6. The van der Waals surface area contributed by atoms with Crippen LogP contribution in [0.3, 0.4) is 0 Å². The van der Waals surface area contributed by atoms with Crippen molar-refractivity contribution in [3.05, 3.63) is 76.6 Å². The molecule has 1 saturated carbocycles. The van der Waals surface area contributed by atoms with E-state index in [0.717, 1.165) is 46.5 Å². The number of aromatic nitrogens is 2. The average Bonchev–Trinajstić information content (AvgIpc) is 3.36. The highest BCUT2D eigenvalue weighted by molar-refractivity contribution is 7.09. The van der Waals surface area contributed by atoms with E-state index < -0.39 is 0 Å². The Morgan fingerprint density at radius 1 is 1.09 bits per heavy atom. The van der Waals surface area contributed by atoms with Gasteiger partial charge in [0.05, 0.1) is 6.54 Å². The summed E-state index contributed by atoms with van der Waals surface area (Å²) in [6.07, 6.45) is 4.02. The molecule has 7 heteroatoms. The van der Waals surface area contributed by atoms with Crippen molar-refractivity contribution >= 4 is 34.2 Å². The van der Waals surface area contributed by atoms with Crippen LogP contribution in [0.4, 0.5) is 5.13 Å². The minimum Gasteiger partial charge on any atom is -0.338 e. The molecule has 2 unspecified atom stereocenters. The van der Waals surface area contributed by atoms with E-state index in [1.54, 1.807) is 0 Å². The number of nitrogens with zero attached hydrogens (tertiary/aromatic N) is 4. The maximum absolute atomic E-state index is 13.7. The topological polar surface area (TPSA) is 49.3 Å². The summed E-state index contributed by atoms with van der Waals surface area (Å²) in [4.78, 5) is 22.8. The molecule has 2 bridgehead atoms. The Morgan fingerprint density at radius 2 is 1.83 bits per heavy atom. The van der Waals surface area contributed by atoms with Gasteiger partial charge in [-0.2, -0.15) is 4.37 Å². The van der Waals surface area contributed by atoms with E-state index in [9.17, 15) is 4.79 Å². The molecular weight excluding hydrogens is 476 g/mol. The quantitative estimate of drug-likeness (QED) is 0.380. The molecule has 35 heavy (non-hydrogen) atoms. The normalized spacial score (nSPS) is 22.9. The number of benzene rings is 2. The van der Waals surface area contributed by atoms with Crippen LogP contribution >= 0.6 is 23.1 Å². The standard InChI is InChI=1S/C28H33ClN4OS/c1-27(2)14-23-15-28(3,18-27)19-33(23)25(34)17-32(16-21-7-5-4-6-8-21)26-30-24(31-35-26)13-20-9-11-22(29)12-10-20/h4-12,23H,13-19H2,1-3H3. The van der Waals surface area contributed by atoms with Crippen molar-refractivity contribution in [2.24, 2.45) is 10.8 Å². The van der Waals surface area contributed by atoms with Gasteiger partial charge in [-0.25, -0.2) is 4.98 Å². The van der Waals surface area contributed by atoms with Crippen molar-refractivity contribution in [2.45, 2.75) is 59.0 Å². The van der Waals surface area contributed by atoms with Gasteiger partial charge in [0.2, 0.25) is 11.0 Å². The summed E-state index contributed by atoms with van der Waals surface area (Å²) >= 11 is 7.40. The number of amides is 1. The third-order valence-corrected chi connectivity index (χ3v) is 8.35. The van der Waals surface area contributed by atoms with Crippen LogP contribution in [0.5, 0.6) is 0 Å². The van der Waals surface area contributed by atoms with Gasteiger partial charge < -0.3 is 9.80 Å². The lowest BCUT2D eigenvalue weighted by molar-refractivity contribution is -0.130. The fourth-order valence-electron chi connectivity index (χ4n) is 6.23. The molecule has 0 spiro atoms. The molecule has 2 heterocycles. The molecule has 5 nitrogen and oxygen atoms in total. The molecule has 2 atom stereocenters. The van der Waals surface area contributed by atoms with E-state index in [4.69, 9.17) is 16.6 Å². The first-order valence-corrected chi connectivity index (χ1v) is 13.5. The SMILES string of the molecule is CC1(C)CC2CC(C)(CN2C(=O)CN(Cc2ccccc2)c2nc(Cc3ccc(Cl)cc3)ns2)C1. The van der Waals surface area contributed by atoms with Gasteiger partial charge in [-0.15, -0.1) is 0 Å². The number of hydrogen-bond donors (Lipinski definition) is 0. The number of hydrogen-bond acceptors (Lipinski definition) is 5. The molecule has 1 amide bonds. The summed E-state index contributed by atoms with van der Waals surface area (Å²) in [6.45, 7) is 8.84. The summed E-state index contributed by atoms with van der Waals surface area (Å²) < 4.78 is 4.62. The van der Waals surface area contributed by atoms with Crippen molar-refractivity contribution in [3.8, 4) is 0 Å². The molecule has 1 aliphatic carbocycles. The molecule has 184 valence electrons. The van der Waals surface area contributed by atoms with Crippen molar-refractivity contribution in [1.29, 1.82) is 0 Å². The summed E-state index contributed by atoms with van der Waals surface area (Å²) in [5.41, 5.74) is 2.78. The Labute approximate surface area is 217 Å². The van der Waals surface area contributed by atoms with E-state index in [0.29, 0.717) is 25.6 Å². The largest absolute Gasteiger partial charge is 0.338 e.